The van der Waals surface area contributed by atoms with Gasteiger partial charge in [0.2, 0.25) is 0 Å². The number of alkyl halides is 6. The average molecular weight is 995 g/mol. The molecule has 3 aliphatic carbocycles. The van der Waals surface area contributed by atoms with Crippen LogP contribution in [0, 0.1) is 22.3 Å². The predicted molar refractivity (Wildman–Crippen MR) is 244 cm³/mol. The Morgan fingerprint density at radius 1 is 0.562 bits per heavy atom. The summed E-state index contributed by atoms with van der Waals surface area (Å²) < 4.78 is 75.6. The van der Waals surface area contributed by atoms with Crippen molar-refractivity contribution >= 4 is 35.9 Å². The van der Waals surface area contributed by atoms with Gasteiger partial charge in [-0.1, -0.05) is 131 Å². The zero-order valence-corrected chi connectivity index (χ0v) is 43.0. The van der Waals surface area contributed by atoms with E-state index < -0.39 is 23.5 Å². The van der Waals surface area contributed by atoms with E-state index in [9.17, 15) is 26.3 Å². The van der Waals surface area contributed by atoms with Gasteiger partial charge in [-0.05, 0) is 33.1 Å². The van der Waals surface area contributed by atoms with Gasteiger partial charge in [0, 0.05) is 10.8 Å². The van der Waals surface area contributed by atoms with Gasteiger partial charge in [0.05, 0.1) is 0 Å². The summed E-state index contributed by atoms with van der Waals surface area (Å²) >= 11 is 0.898. The number of fused-ring (bicyclic) bond motifs is 5. The molecular weight excluding hydrogens is 937 g/mol. The van der Waals surface area contributed by atoms with Crippen molar-refractivity contribution in [1.29, 1.82) is 0 Å². The minimum atomic E-state index is -4.41. The molecule has 0 atom stereocenters. The first kappa shape index (κ1) is 53.2. The quantitative estimate of drug-likeness (QED) is 0.122. The molecule has 9 heteroatoms. The molecule has 0 spiro atoms. The van der Waals surface area contributed by atoms with Crippen LogP contribution in [0.3, 0.4) is 0 Å². The Hall–Kier alpha value is -3.38. The number of hydrogen-bond acceptors (Lipinski definition) is 0. The van der Waals surface area contributed by atoms with Crippen LogP contribution in [-0.4, -0.2) is 3.21 Å². The number of halogens is 8. The molecule has 8 rings (SSSR count). The van der Waals surface area contributed by atoms with Crippen LogP contribution in [0.15, 0.2) is 109 Å². The third-order valence-corrected chi connectivity index (χ3v) is 13.6. The minimum Gasteiger partial charge on any atom is -1.00 e. The van der Waals surface area contributed by atoms with Gasteiger partial charge in [-0.15, -0.1) is 46.2 Å². The molecule has 5 aromatic rings. The van der Waals surface area contributed by atoms with Crippen LogP contribution in [0.25, 0.3) is 32.7 Å². The van der Waals surface area contributed by atoms with Gasteiger partial charge in [-0.2, -0.15) is 11.6 Å². The summed E-state index contributed by atoms with van der Waals surface area (Å²) in [6, 6.07) is 21.5. The molecule has 0 saturated carbocycles. The van der Waals surface area contributed by atoms with E-state index >= 15 is 0 Å². The molecule has 0 bridgehead atoms. The van der Waals surface area contributed by atoms with E-state index in [0.29, 0.717) is 19.7 Å². The maximum atomic E-state index is 12.5. The van der Waals surface area contributed by atoms with Crippen LogP contribution < -0.4 is 24.8 Å². The zero-order valence-electron chi connectivity index (χ0n) is 39.0. The largest absolute Gasteiger partial charge is 1.00 e. The second-order valence-corrected chi connectivity index (χ2v) is 22.4. The number of rotatable bonds is 2. The summed E-state index contributed by atoms with van der Waals surface area (Å²) in [5, 5.41) is 5.58. The molecule has 0 amide bonds. The van der Waals surface area contributed by atoms with Crippen LogP contribution >= 0.6 is 0 Å². The third-order valence-electron chi connectivity index (χ3n) is 12.1. The molecule has 0 heterocycles. The first-order chi connectivity index (χ1) is 28.3. The molecule has 0 aliphatic heterocycles. The van der Waals surface area contributed by atoms with Gasteiger partial charge in [0.25, 0.3) is 0 Å². The van der Waals surface area contributed by atoms with Gasteiger partial charge in [0.15, 0.2) is 0 Å². The molecule has 0 N–H and O–H groups in total. The maximum absolute atomic E-state index is 12.5. The smallest absolute Gasteiger partial charge is 1.00 e. The summed E-state index contributed by atoms with van der Waals surface area (Å²) in [5.74, 6) is 0. The molecule has 0 saturated heterocycles. The Bertz CT molecular complexity index is 2500. The zero-order chi connectivity index (χ0) is 46.2. The number of benzene rings is 4. The molecule has 0 nitrogen and oxygen atoms in total. The van der Waals surface area contributed by atoms with Crippen LogP contribution in [0.5, 0.6) is 0 Å². The number of allylic oxidation sites excluding steroid dienone is 8. The molecule has 0 fully saturated rings. The first-order valence-electron chi connectivity index (χ1n) is 21.2. The SMILES string of the molecule is CC(C)(C)C1=CC(C)(C)c2cc3[cH-]c4cc5c(cc4c3cc21)C(C(C)(C)C)=CC5(C)C.CC(C)(C)C1=CC[C-]=C1.FC(F)(F)c1ccc([C](=[Zr+2])c2ccc(C(F)(F)F)cc2)cc1.[Cl-].[Cl-]. The van der Waals surface area contributed by atoms with Crippen LogP contribution in [0.2, 0.25) is 0 Å². The fourth-order valence-corrected chi connectivity index (χ4v) is 9.45. The molecular formula is C55H58Cl2F6Zr-2. The van der Waals surface area contributed by atoms with E-state index in [2.05, 4.69) is 151 Å². The summed E-state index contributed by atoms with van der Waals surface area (Å²) in [4.78, 5) is 0. The normalized spacial score (nSPS) is 16.3. The Morgan fingerprint density at radius 2 is 0.922 bits per heavy atom. The van der Waals surface area contributed by atoms with Crippen molar-refractivity contribution < 1.29 is 75.4 Å². The fourth-order valence-electron chi connectivity index (χ4n) is 8.63. The number of hydrogen-bond donors (Lipinski definition) is 0. The van der Waals surface area contributed by atoms with E-state index in [4.69, 9.17) is 0 Å². The van der Waals surface area contributed by atoms with Crippen LogP contribution in [-0.2, 0) is 47.4 Å². The van der Waals surface area contributed by atoms with E-state index in [1.54, 1.807) is 0 Å². The summed E-state index contributed by atoms with van der Waals surface area (Å²) in [6.07, 6.45) is 4.68. The topological polar surface area (TPSA) is 0 Å². The van der Waals surface area contributed by atoms with Crippen LogP contribution in [0.4, 0.5) is 26.3 Å². The summed E-state index contributed by atoms with van der Waals surface area (Å²) in [7, 11) is 0. The van der Waals surface area contributed by atoms with Crippen molar-refractivity contribution in [3.05, 3.63) is 159 Å². The summed E-state index contributed by atoms with van der Waals surface area (Å²) in [5.41, 5.74) is 10.6. The van der Waals surface area contributed by atoms with Crippen LogP contribution in [0.1, 0.15) is 141 Å². The van der Waals surface area contributed by atoms with Crippen molar-refractivity contribution in [2.24, 2.45) is 16.2 Å². The second kappa shape index (κ2) is 18.4. The van der Waals surface area contributed by atoms with Crippen molar-refractivity contribution in [2.45, 2.75) is 120 Å². The standard InChI is InChI=1S/C31H37.C15H8F6.C9H13.2ClH.Zr/c1-28(2,3)26-16-30(7,8)24-12-18-11-19-13-25-23(15-21(19)20(18)14-22(24)26)27(29(4,5)6)17-31(25,9)10;16-14(17,18)12-5-1-10(2-6-12)9-11-3-7-13(8-4-11)15(19,20)21;1-9(2,3)8-6-4-5-7-8;;;/h11-17H,1-10H3;1-8H;6-7H,4H2,1-3H3;2*1H;/q-1;;-1;;;+2/p-2. The summed E-state index contributed by atoms with van der Waals surface area (Å²) in [6.45, 7) is 30.1. The van der Waals surface area contributed by atoms with E-state index in [-0.39, 0.29) is 46.5 Å². The van der Waals surface area contributed by atoms with Crippen molar-refractivity contribution in [3.8, 4) is 0 Å². The molecule has 0 radical (unpaired) electrons. The Labute approximate surface area is 403 Å². The average Bonchev–Trinajstić information content (AvgIpc) is 3.93. The van der Waals surface area contributed by atoms with Gasteiger partial charge >= 0.3 is 137 Å². The Morgan fingerprint density at radius 3 is 1.19 bits per heavy atom. The van der Waals surface area contributed by atoms with Gasteiger partial charge in [-0.25, -0.2) is 6.08 Å². The van der Waals surface area contributed by atoms with Gasteiger partial charge in [0.1, 0.15) is 0 Å². The third kappa shape index (κ3) is 11.2. The molecule has 0 unspecified atom stereocenters. The van der Waals surface area contributed by atoms with Gasteiger partial charge in [-0.3, -0.25) is 6.08 Å². The van der Waals surface area contributed by atoms with E-state index in [0.717, 1.165) is 54.9 Å². The predicted octanol–water partition coefficient (Wildman–Crippen LogP) is 10.7. The van der Waals surface area contributed by atoms with E-state index in [1.807, 2.05) is 0 Å². The molecule has 0 aromatic heterocycles. The minimum absolute atomic E-state index is 0. The second-order valence-electron chi connectivity index (χ2n) is 21.2. The fraction of sp³-hybridized carbons (Fsp3) is 0.382. The van der Waals surface area contributed by atoms with Crippen molar-refractivity contribution in [3.63, 3.8) is 0 Å². The Balaban J connectivity index is 0.000000237. The monoisotopic (exact) mass is 992 g/mol. The Kier molecular flexibility index (Phi) is 15.3. The molecule has 64 heavy (non-hydrogen) atoms. The molecule has 5 aromatic carbocycles. The van der Waals surface area contributed by atoms with Gasteiger partial charge < -0.3 is 24.8 Å². The first-order valence-corrected chi connectivity index (χ1v) is 22.4. The molecule has 340 valence electrons. The van der Waals surface area contributed by atoms with E-state index in [1.165, 1.54) is 84.8 Å². The van der Waals surface area contributed by atoms with Crippen molar-refractivity contribution in [2.75, 3.05) is 0 Å². The maximum Gasteiger partial charge on any atom is -1.00 e. The molecule has 3 aliphatic rings. The van der Waals surface area contributed by atoms with Crippen molar-refractivity contribution in [1.82, 2.24) is 0 Å².